The van der Waals surface area contributed by atoms with Crippen molar-refractivity contribution < 1.29 is 32.1 Å². The van der Waals surface area contributed by atoms with Gasteiger partial charge in [0.05, 0.1) is 6.10 Å². The molecule has 1 aliphatic rings. The van der Waals surface area contributed by atoms with Gasteiger partial charge >= 0.3 is 13.2 Å². The van der Waals surface area contributed by atoms with Crippen molar-refractivity contribution in [3.63, 3.8) is 0 Å². The van der Waals surface area contributed by atoms with Gasteiger partial charge in [-0.15, -0.1) is 0 Å². The highest BCUT2D eigenvalue weighted by molar-refractivity contribution is 5.43. The van der Waals surface area contributed by atoms with E-state index in [1.165, 1.54) is 12.5 Å². The molecule has 0 saturated heterocycles. The Labute approximate surface area is 132 Å². The smallest absolute Gasteiger partial charge is 0.387 e. The van der Waals surface area contributed by atoms with Gasteiger partial charge in [0.15, 0.2) is 11.5 Å². The van der Waals surface area contributed by atoms with E-state index in [1.54, 1.807) is 0 Å². The van der Waals surface area contributed by atoms with E-state index in [9.17, 15) is 22.7 Å². The molecule has 1 unspecified atom stereocenters. The highest BCUT2D eigenvalue weighted by atomic mass is 19.3. The van der Waals surface area contributed by atoms with Crippen molar-refractivity contribution in [1.82, 2.24) is 0 Å². The van der Waals surface area contributed by atoms with E-state index in [1.807, 2.05) is 0 Å². The van der Waals surface area contributed by atoms with E-state index >= 15 is 0 Å². The summed E-state index contributed by atoms with van der Waals surface area (Å²) >= 11 is 0. The number of ether oxygens (including phenoxy) is 2. The van der Waals surface area contributed by atoms with Crippen LogP contribution in [-0.4, -0.2) is 18.3 Å². The maximum atomic E-state index is 12.4. The van der Waals surface area contributed by atoms with Crippen molar-refractivity contribution in [3.8, 4) is 11.5 Å². The molecule has 2 rings (SSSR count). The first-order valence-electron chi connectivity index (χ1n) is 7.67. The number of halogens is 4. The minimum absolute atomic E-state index is 0.354. The maximum absolute atomic E-state index is 12.4. The zero-order valence-electron chi connectivity index (χ0n) is 12.6. The molecule has 1 aliphatic carbocycles. The van der Waals surface area contributed by atoms with Gasteiger partial charge in [0.2, 0.25) is 0 Å². The van der Waals surface area contributed by atoms with Gasteiger partial charge in [-0.05, 0) is 30.0 Å². The first-order chi connectivity index (χ1) is 11.0. The summed E-state index contributed by atoms with van der Waals surface area (Å²) in [5.74, 6) is -0.593. The van der Waals surface area contributed by atoms with Gasteiger partial charge in [-0.25, -0.2) is 0 Å². The molecule has 7 heteroatoms. The first-order valence-corrected chi connectivity index (χ1v) is 7.67. The normalized spacial score (nSPS) is 17.5. The molecule has 130 valence electrons. The van der Waals surface area contributed by atoms with Gasteiger partial charge in [0.25, 0.3) is 0 Å². The highest BCUT2D eigenvalue weighted by Gasteiger charge is 2.21. The van der Waals surface area contributed by atoms with Gasteiger partial charge in [-0.3, -0.25) is 0 Å². The topological polar surface area (TPSA) is 38.7 Å². The van der Waals surface area contributed by atoms with E-state index in [2.05, 4.69) is 9.47 Å². The third-order valence-electron chi connectivity index (χ3n) is 4.07. The van der Waals surface area contributed by atoms with Gasteiger partial charge in [-0.1, -0.05) is 38.2 Å². The first kappa shape index (κ1) is 17.8. The molecule has 1 aromatic carbocycles. The Morgan fingerprint density at radius 2 is 1.57 bits per heavy atom. The number of hydrogen-bond acceptors (Lipinski definition) is 3. The van der Waals surface area contributed by atoms with Gasteiger partial charge in [0, 0.05) is 0 Å². The third-order valence-corrected chi connectivity index (χ3v) is 4.07. The summed E-state index contributed by atoms with van der Waals surface area (Å²) in [5.41, 5.74) is 0.354. The molecule has 1 N–H and O–H groups in total. The molecular weight excluding hydrogens is 316 g/mol. The van der Waals surface area contributed by atoms with Crippen LogP contribution in [0.4, 0.5) is 17.6 Å². The maximum Gasteiger partial charge on any atom is 0.387 e. The van der Waals surface area contributed by atoms with Crippen LogP contribution in [0.15, 0.2) is 18.2 Å². The van der Waals surface area contributed by atoms with Crippen LogP contribution in [0.2, 0.25) is 0 Å². The quantitative estimate of drug-likeness (QED) is 0.720. The number of aliphatic hydroxyl groups is 1. The molecule has 0 aromatic heterocycles. The molecule has 3 nitrogen and oxygen atoms in total. The Hall–Kier alpha value is -1.50. The van der Waals surface area contributed by atoms with Crippen LogP contribution in [0.3, 0.4) is 0 Å². The van der Waals surface area contributed by atoms with Crippen LogP contribution in [0.1, 0.15) is 50.2 Å². The van der Waals surface area contributed by atoms with Crippen LogP contribution < -0.4 is 9.47 Å². The Kier molecular flexibility index (Phi) is 6.50. The molecule has 1 saturated carbocycles. The van der Waals surface area contributed by atoms with Crippen molar-refractivity contribution in [2.75, 3.05) is 0 Å². The molecule has 0 spiro atoms. The zero-order valence-corrected chi connectivity index (χ0v) is 12.6. The fourth-order valence-corrected chi connectivity index (χ4v) is 2.99. The number of rotatable bonds is 7. The van der Waals surface area contributed by atoms with Crippen LogP contribution in [0.5, 0.6) is 11.5 Å². The predicted octanol–water partition coefficient (Wildman–Crippen LogP) is 4.89. The van der Waals surface area contributed by atoms with E-state index in [4.69, 9.17) is 0 Å². The van der Waals surface area contributed by atoms with Crippen molar-refractivity contribution in [1.29, 1.82) is 0 Å². The summed E-state index contributed by atoms with van der Waals surface area (Å²) in [6, 6.07) is 3.64. The molecule has 1 atom stereocenters. The van der Waals surface area contributed by atoms with Crippen LogP contribution >= 0.6 is 0 Å². The lowest BCUT2D eigenvalue weighted by atomic mass is 9.84. The molecule has 23 heavy (non-hydrogen) atoms. The van der Waals surface area contributed by atoms with Crippen LogP contribution in [0, 0.1) is 5.92 Å². The second kappa shape index (κ2) is 8.38. The standard InChI is InChI=1S/C16H20F4O3/c17-15(18)22-13-7-6-11(9-14(13)23-16(19)20)12(21)8-10-4-2-1-3-5-10/h6-7,9-10,12,15-16,21H,1-5,8H2. The second-order valence-electron chi connectivity index (χ2n) is 5.72. The Bertz CT molecular complexity index is 490. The average Bonchev–Trinajstić information content (AvgIpc) is 2.49. The summed E-state index contributed by atoms with van der Waals surface area (Å²) in [6.07, 6.45) is 5.17. The fraction of sp³-hybridized carbons (Fsp3) is 0.625. The third kappa shape index (κ3) is 5.57. The van der Waals surface area contributed by atoms with E-state index in [0.717, 1.165) is 37.8 Å². The molecule has 1 fully saturated rings. The Balaban J connectivity index is 2.10. The lowest BCUT2D eigenvalue weighted by molar-refractivity contribution is -0.0693. The molecule has 0 bridgehead atoms. The minimum Gasteiger partial charge on any atom is -0.431 e. The van der Waals surface area contributed by atoms with Crippen molar-refractivity contribution >= 4 is 0 Å². The van der Waals surface area contributed by atoms with Crippen molar-refractivity contribution in [2.45, 2.75) is 57.9 Å². The monoisotopic (exact) mass is 336 g/mol. The SMILES string of the molecule is OC(CC1CCCCC1)c1ccc(OC(F)F)c(OC(F)F)c1. The summed E-state index contributed by atoms with van der Waals surface area (Å²) in [6.45, 7) is -6.31. The summed E-state index contributed by atoms with van der Waals surface area (Å²) in [4.78, 5) is 0. The molecule has 0 heterocycles. The Morgan fingerprint density at radius 1 is 0.957 bits per heavy atom. The summed E-state index contributed by atoms with van der Waals surface area (Å²) in [5, 5.41) is 10.3. The minimum atomic E-state index is -3.17. The molecule has 0 radical (unpaired) electrons. The number of alkyl halides is 4. The highest BCUT2D eigenvalue weighted by Crippen LogP contribution is 2.36. The van der Waals surface area contributed by atoms with Gasteiger partial charge in [-0.2, -0.15) is 17.6 Å². The zero-order chi connectivity index (χ0) is 16.8. The molecule has 0 amide bonds. The lowest BCUT2D eigenvalue weighted by Gasteiger charge is -2.24. The van der Waals surface area contributed by atoms with Crippen molar-refractivity contribution in [3.05, 3.63) is 23.8 Å². The lowest BCUT2D eigenvalue weighted by Crippen LogP contribution is -2.12. The molecule has 1 aromatic rings. The average molecular weight is 336 g/mol. The largest absolute Gasteiger partial charge is 0.431 e. The summed E-state index contributed by atoms with van der Waals surface area (Å²) < 4.78 is 57.8. The molecule has 0 aliphatic heterocycles. The van der Waals surface area contributed by atoms with Crippen LogP contribution in [0.25, 0.3) is 0 Å². The number of aliphatic hydroxyl groups excluding tert-OH is 1. The number of benzene rings is 1. The Morgan fingerprint density at radius 3 is 2.17 bits per heavy atom. The van der Waals surface area contributed by atoms with E-state index < -0.39 is 30.8 Å². The summed E-state index contributed by atoms with van der Waals surface area (Å²) in [7, 11) is 0. The molecular formula is C16H20F4O3. The van der Waals surface area contributed by atoms with E-state index in [-0.39, 0.29) is 0 Å². The van der Waals surface area contributed by atoms with Gasteiger partial charge < -0.3 is 14.6 Å². The van der Waals surface area contributed by atoms with Crippen molar-refractivity contribution in [2.24, 2.45) is 5.92 Å². The number of hydrogen-bond donors (Lipinski definition) is 1. The van der Waals surface area contributed by atoms with Gasteiger partial charge in [0.1, 0.15) is 0 Å². The fourth-order valence-electron chi connectivity index (χ4n) is 2.99. The van der Waals surface area contributed by atoms with E-state index in [0.29, 0.717) is 17.9 Å². The van der Waals surface area contributed by atoms with Crippen LogP contribution in [-0.2, 0) is 0 Å². The predicted molar refractivity (Wildman–Crippen MR) is 75.9 cm³/mol. The second-order valence-corrected chi connectivity index (χ2v) is 5.72.